The predicted molar refractivity (Wildman–Crippen MR) is 124 cm³/mol. The molecule has 0 aromatic heterocycles. The second-order valence-electron chi connectivity index (χ2n) is 7.78. The largest absolute Gasteiger partial charge is 0.352 e. The van der Waals surface area contributed by atoms with Crippen molar-refractivity contribution in [2.24, 2.45) is 0 Å². The summed E-state index contributed by atoms with van der Waals surface area (Å²) in [7, 11) is 0. The summed E-state index contributed by atoms with van der Waals surface area (Å²) in [6, 6.07) is 18.8. The van der Waals surface area contributed by atoms with E-state index < -0.39 is 0 Å². The van der Waals surface area contributed by atoms with E-state index in [1.54, 1.807) is 0 Å². The molecule has 0 saturated heterocycles. The Hall–Kier alpha value is -2.62. The molecule has 0 atom stereocenters. The van der Waals surface area contributed by atoms with Crippen molar-refractivity contribution in [1.82, 2.24) is 10.6 Å². The van der Waals surface area contributed by atoms with Gasteiger partial charge in [-0.05, 0) is 37.1 Å². The number of amides is 2. The Morgan fingerprint density at radius 1 is 0.467 bits per heavy atom. The molecule has 0 saturated carbocycles. The van der Waals surface area contributed by atoms with Gasteiger partial charge in [0.2, 0.25) is 0 Å². The van der Waals surface area contributed by atoms with Gasteiger partial charge in [0, 0.05) is 24.2 Å². The van der Waals surface area contributed by atoms with Crippen LogP contribution in [0.25, 0.3) is 0 Å². The monoisotopic (exact) mass is 408 g/mol. The summed E-state index contributed by atoms with van der Waals surface area (Å²) in [5.74, 6) is 0.0467. The van der Waals surface area contributed by atoms with Gasteiger partial charge in [0.05, 0.1) is 0 Å². The zero-order chi connectivity index (χ0) is 21.3. The lowest BCUT2D eigenvalue weighted by molar-refractivity contribution is 0.0944. The minimum Gasteiger partial charge on any atom is -0.352 e. The Kier molecular flexibility index (Phi) is 12.0. The molecule has 30 heavy (non-hydrogen) atoms. The van der Waals surface area contributed by atoms with Crippen molar-refractivity contribution < 1.29 is 9.59 Å². The molecule has 0 aliphatic heterocycles. The first kappa shape index (κ1) is 23.7. The van der Waals surface area contributed by atoms with Crippen LogP contribution in [0, 0.1) is 0 Å². The van der Waals surface area contributed by atoms with Crippen LogP contribution >= 0.6 is 0 Å². The van der Waals surface area contributed by atoms with E-state index in [1.807, 2.05) is 60.7 Å². The molecule has 0 radical (unpaired) electrons. The van der Waals surface area contributed by atoms with Gasteiger partial charge < -0.3 is 10.6 Å². The van der Waals surface area contributed by atoms with E-state index in [0.717, 1.165) is 37.1 Å². The average molecular weight is 409 g/mol. The van der Waals surface area contributed by atoms with E-state index >= 15 is 0 Å². The first-order valence-electron chi connectivity index (χ1n) is 11.4. The molecule has 162 valence electrons. The molecular weight excluding hydrogens is 372 g/mol. The summed E-state index contributed by atoms with van der Waals surface area (Å²) in [4.78, 5) is 23.8. The normalized spacial score (nSPS) is 10.5. The molecule has 2 amide bonds. The molecule has 0 aliphatic rings. The summed E-state index contributed by atoms with van der Waals surface area (Å²) in [6.45, 7) is 1.52. The van der Waals surface area contributed by atoms with Gasteiger partial charge in [-0.1, -0.05) is 87.8 Å². The fourth-order valence-electron chi connectivity index (χ4n) is 3.45. The third-order valence-electron chi connectivity index (χ3n) is 5.25. The molecule has 0 aliphatic carbocycles. The van der Waals surface area contributed by atoms with Gasteiger partial charge in [-0.2, -0.15) is 0 Å². The quantitative estimate of drug-likeness (QED) is 0.369. The molecule has 0 unspecified atom stereocenters. The van der Waals surface area contributed by atoms with E-state index in [1.165, 1.54) is 51.4 Å². The van der Waals surface area contributed by atoms with Crippen molar-refractivity contribution in [3.05, 3.63) is 71.8 Å². The maximum atomic E-state index is 11.9. The predicted octanol–water partition coefficient (Wildman–Crippen LogP) is 5.75. The summed E-state index contributed by atoms with van der Waals surface area (Å²) < 4.78 is 0. The van der Waals surface area contributed by atoms with Crippen molar-refractivity contribution in [3.63, 3.8) is 0 Å². The van der Waals surface area contributed by atoms with Crippen LogP contribution in [0.5, 0.6) is 0 Å². The van der Waals surface area contributed by atoms with E-state index in [-0.39, 0.29) is 11.8 Å². The lowest BCUT2D eigenvalue weighted by atomic mass is 10.1. The highest BCUT2D eigenvalue weighted by atomic mass is 16.2. The number of nitrogens with one attached hydrogen (secondary N) is 2. The average Bonchev–Trinajstić information content (AvgIpc) is 2.80. The van der Waals surface area contributed by atoms with Crippen LogP contribution in [0.15, 0.2) is 60.7 Å². The lowest BCUT2D eigenvalue weighted by Gasteiger charge is -2.06. The number of carbonyl (C=O) groups is 2. The molecule has 0 spiro atoms. The molecule has 0 heterocycles. The third kappa shape index (κ3) is 10.2. The molecule has 2 N–H and O–H groups in total. The Morgan fingerprint density at radius 2 is 0.767 bits per heavy atom. The van der Waals surface area contributed by atoms with Crippen LogP contribution in [0.1, 0.15) is 84.9 Å². The van der Waals surface area contributed by atoms with E-state index in [2.05, 4.69) is 10.6 Å². The maximum Gasteiger partial charge on any atom is 0.251 e. The van der Waals surface area contributed by atoms with Crippen LogP contribution in [0.2, 0.25) is 0 Å². The maximum absolute atomic E-state index is 11.9. The van der Waals surface area contributed by atoms with Gasteiger partial charge >= 0.3 is 0 Å². The molecule has 4 nitrogen and oxygen atoms in total. The van der Waals surface area contributed by atoms with Crippen molar-refractivity contribution >= 4 is 11.8 Å². The number of rotatable bonds is 15. The second kappa shape index (κ2) is 15.3. The Morgan fingerprint density at radius 3 is 1.10 bits per heavy atom. The van der Waals surface area contributed by atoms with Crippen molar-refractivity contribution in [3.8, 4) is 0 Å². The highest BCUT2D eigenvalue weighted by Crippen LogP contribution is 2.10. The Bertz CT molecular complexity index is 653. The topological polar surface area (TPSA) is 58.2 Å². The van der Waals surface area contributed by atoms with Gasteiger partial charge in [0.1, 0.15) is 0 Å². The van der Waals surface area contributed by atoms with Crippen molar-refractivity contribution in [2.45, 2.75) is 64.2 Å². The zero-order valence-corrected chi connectivity index (χ0v) is 18.1. The lowest BCUT2D eigenvalue weighted by Crippen LogP contribution is -2.24. The minimum atomic E-state index is 0.0234. The smallest absolute Gasteiger partial charge is 0.251 e. The zero-order valence-electron chi connectivity index (χ0n) is 18.1. The van der Waals surface area contributed by atoms with Crippen LogP contribution in [0.3, 0.4) is 0 Å². The van der Waals surface area contributed by atoms with Crippen LogP contribution in [0.4, 0.5) is 0 Å². The number of hydrogen-bond acceptors (Lipinski definition) is 2. The van der Waals surface area contributed by atoms with Crippen LogP contribution < -0.4 is 10.6 Å². The number of benzene rings is 2. The standard InChI is InChI=1S/C26H36N2O2/c29-25(23-17-11-9-12-18-23)27-21-15-7-5-3-1-2-4-6-8-16-22-28-26(30)24-19-13-10-14-20-24/h9-14,17-20H,1-8,15-16,21-22H2,(H,27,29)(H,28,30). The highest BCUT2D eigenvalue weighted by Gasteiger charge is 2.03. The number of hydrogen-bond donors (Lipinski definition) is 2. The summed E-state index contributed by atoms with van der Waals surface area (Å²) in [6.07, 6.45) is 12.1. The van der Waals surface area contributed by atoms with E-state index in [4.69, 9.17) is 0 Å². The Labute approximate surface area is 181 Å². The van der Waals surface area contributed by atoms with Gasteiger partial charge in [-0.3, -0.25) is 9.59 Å². The molecular formula is C26H36N2O2. The first-order valence-corrected chi connectivity index (χ1v) is 11.4. The van der Waals surface area contributed by atoms with Gasteiger partial charge in [-0.25, -0.2) is 0 Å². The summed E-state index contributed by atoms with van der Waals surface area (Å²) in [5, 5.41) is 5.97. The molecule has 2 aromatic carbocycles. The Balaban J connectivity index is 1.32. The highest BCUT2D eigenvalue weighted by molar-refractivity contribution is 5.94. The third-order valence-corrected chi connectivity index (χ3v) is 5.25. The van der Waals surface area contributed by atoms with Crippen molar-refractivity contribution in [1.29, 1.82) is 0 Å². The molecule has 0 bridgehead atoms. The van der Waals surface area contributed by atoms with Gasteiger partial charge in [-0.15, -0.1) is 0 Å². The van der Waals surface area contributed by atoms with Crippen molar-refractivity contribution in [2.75, 3.05) is 13.1 Å². The summed E-state index contributed by atoms with van der Waals surface area (Å²) in [5.41, 5.74) is 1.46. The van der Waals surface area contributed by atoms with Crippen LogP contribution in [-0.4, -0.2) is 24.9 Å². The fraction of sp³-hybridized carbons (Fsp3) is 0.462. The minimum absolute atomic E-state index is 0.0234. The molecule has 0 fully saturated rings. The first-order chi connectivity index (χ1) is 14.8. The van der Waals surface area contributed by atoms with Crippen LogP contribution in [-0.2, 0) is 0 Å². The number of unbranched alkanes of at least 4 members (excludes halogenated alkanes) is 9. The molecule has 2 aromatic rings. The second-order valence-corrected chi connectivity index (χ2v) is 7.78. The van der Waals surface area contributed by atoms with E-state index in [9.17, 15) is 9.59 Å². The number of carbonyl (C=O) groups excluding carboxylic acids is 2. The van der Waals surface area contributed by atoms with E-state index in [0.29, 0.717) is 0 Å². The fourth-order valence-corrected chi connectivity index (χ4v) is 3.45. The molecule has 2 rings (SSSR count). The molecule has 4 heteroatoms. The summed E-state index contributed by atoms with van der Waals surface area (Å²) >= 11 is 0. The van der Waals surface area contributed by atoms with Gasteiger partial charge in [0.25, 0.3) is 11.8 Å². The van der Waals surface area contributed by atoms with Gasteiger partial charge in [0.15, 0.2) is 0 Å². The SMILES string of the molecule is O=C(NCCCCCCCCCCCCNC(=O)c1ccccc1)c1ccccc1.